The van der Waals surface area contributed by atoms with E-state index in [2.05, 4.69) is 10.2 Å². The third-order valence-corrected chi connectivity index (χ3v) is 4.76. The third kappa shape index (κ3) is 3.83. The van der Waals surface area contributed by atoms with Crippen LogP contribution in [0.4, 0.5) is 21.5 Å². The van der Waals surface area contributed by atoms with E-state index >= 15 is 0 Å². The molecule has 2 aromatic rings. The van der Waals surface area contributed by atoms with Gasteiger partial charge in [-0.1, -0.05) is 0 Å². The van der Waals surface area contributed by atoms with Crippen molar-refractivity contribution in [3.8, 4) is 5.75 Å². The highest BCUT2D eigenvalue weighted by molar-refractivity contribution is 5.95. The van der Waals surface area contributed by atoms with Crippen molar-refractivity contribution in [2.45, 2.75) is 0 Å². The molecule has 0 saturated carbocycles. The van der Waals surface area contributed by atoms with Gasteiger partial charge in [0.25, 0.3) is 11.6 Å². The summed E-state index contributed by atoms with van der Waals surface area (Å²) in [5, 5.41) is 14.0. The zero-order valence-electron chi connectivity index (χ0n) is 15.6. The SMILES string of the molecule is CNC(=O)c1ccc(N2CCN(c3ccc(F)cc3OC)CC2)c([N+](=O)[O-])c1. The number of rotatable bonds is 5. The number of methoxy groups -OCH3 is 1. The van der Waals surface area contributed by atoms with Crippen LogP contribution in [0.5, 0.6) is 5.75 Å². The number of carbonyl (C=O) groups excluding carboxylic acids is 1. The van der Waals surface area contributed by atoms with E-state index in [4.69, 9.17) is 4.74 Å². The van der Waals surface area contributed by atoms with Crippen LogP contribution < -0.4 is 19.9 Å². The summed E-state index contributed by atoms with van der Waals surface area (Å²) in [4.78, 5) is 26.8. The van der Waals surface area contributed by atoms with Crippen LogP contribution in [-0.2, 0) is 0 Å². The quantitative estimate of drug-likeness (QED) is 0.625. The molecule has 3 rings (SSSR count). The zero-order chi connectivity index (χ0) is 20.3. The molecule has 0 atom stereocenters. The van der Waals surface area contributed by atoms with Crippen LogP contribution in [0.2, 0.25) is 0 Å². The molecule has 1 saturated heterocycles. The highest BCUT2D eigenvalue weighted by Gasteiger charge is 2.26. The van der Waals surface area contributed by atoms with Crippen LogP contribution in [-0.4, -0.2) is 51.2 Å². The van der Waals surface area contributed by atoms with Crippen molar-refractivity contribution in [2.75, 3.05) is 50.1 Å². The maximum Gasteiger partial charge on any atom is 0.293 e. The van der Waals surface area contributed by atoms with E-state index in [1.807, 2.05) is 4.90 Å². The molecule has 2 aromatic carbocycles. The van der Waals surface area contributed by atoms with Gasteiger partial charge in [0, 0.05) is 50.9 Å². The predicted octanol–water partition coefficient (Wildman–Crippen LogP) is 2.43. The Labute approximate surface area is 161 Å². The van der Waals surface area contributed by atoms with Crippen LogP contribution >= 0.6 is 0 Å². The topological polar surface area (TPSA) is 88.0 Å². The monoisotopic (exact) mass is 388 g/mol. The molecule has 0 unspecified atom stereocenters. The average Bonchev–Trinajstić information content (AvgIpc) is 2.72. The van der Waals surface area contributed by atoms with Crippen molar-refractivity contribution in [3.63, 3.8) is 0 Å². The molecule has 0 radical (unpaired) electrons. The zero-order valence-corrected chi connectivity index (χ0v) is 15.6. The number of hydrogen-bond donors (Lipinski definition) is 1. The third-order valence-electron chi connectivity index (χ3n) is 4.76. The van der Waals surface area contributed by atoms with E-state index in [0.717, 1.165) is 5.69 Å². The number of nitro benzene ring substituents is 1. The molecule has 9 heteroatoms. The summed E-state index contributed by atoms with van der Waals surface area (Å²) in [6, 6.07) is 8.87. The lowest BCUT2D eigenvalue weighted by atomic mass is 10.1. The van der Waals surface area contributed by atoms with Gasteiger partial charge in [0.15, 0.2) is 0 Å². The second-order valence-electron chi connectivity index (χ2n) is 6.33. The van der Waals surface area contributed by atoms with Gasteiger partial charge in [0.2, 0.25) is 0 Å². The molecule has 1 N–H and O–H groups in total. The summed E-state index contributed by atoms with van der Waals surface area (Å²) in [7, 11) is 2.97. The minimum Gasteiger partial charge on any atom is -0.494 e. The fraction of sp³-hybridized carbons (Fsp3) is 0.316. The van der Waals surface area contributed by atoms with E-state index < -0.39 is 4.92 Å². The average molecular weight is 388 g/mol. The van der Waals surface area contributed by atoms with Crippen molar-refractivity contribution >= 4 is 23.0 Å². The predicted molar refractivity (Wildman–Crippen MR) is 104 cm³/mol. The highest BCUT2D eigenvalue weighted by Crippen LogP contribution is 2.33. The van der Waals surface area contributed by atoms with Gasteiger partial charge in [0.05, 0.1) is 17.7 Å². The molecule has 8 nitrogen and oxygen atoms in total. The number of halogens is 1. The van der Waals surface area contributed by atoms with Crippen molar-refractivity contribution in [2.24, 2.45) is 0 Å². The van der Waals surface area contributed by atoms with Crippen molar-refractivity contribution < 1.29 is 18.8 Å². The molecule has 1 amide bonds. The lowest BCUT2D eigenvalue weighted by Gasteiger charge is -2.37. The Kier molecular flexibility index (Phi) is 5.62. The van der Waals surface area contributed by atoms with E-state index in [9.17, 15) is 19.3 Å². The van der Waals surface area contributed by atoms with Gasteiger partial charge >= 0.3 is 0 Å². The molecule has 28 heavy (non-hydrogen) atoms. The summed E-state index contributed by atoms with van der Waals surface area (Å²) in [5.41, 5.74) is 1.40. The number of ether oxygens (including phenoxy) is 1. The van der Waals surface area contributed by atoms with Gasteiger partial charge in [-0.15, -0.1) is 0 Å². The lowest BCUT2D eigenvalue weighted by molar-refractivity contribution is -0.384. The highest BCUT2D eigenvalue weighted by atomic mass is 19.1. The minimum absolute atomic E-state index is 0.103. The van der Waals surface area contributed by atoms with Crippen LogP contribution in [0.15, 0.2) is 36.4 Å². The van der Waals surface area contributed by atoms with E-state index in [0.29, 0.717) is 37.6 Å². The largest absolute Gasteiger partial charge is 0.494 e. The molecule has 0 aromatic heterocycles. The fourth-order valence-electron chi connectivity index (χ4n) is 3.32. The Bertz CT molecular complexity index is 897. The number of hydrogen-bond acceptors (Lipinski definition) is 6. The van der Waals surface area contributed by atoms with Crippen molar-refractivity contribution in [3.05, 3.63) is 57.9 Å². The van der Waals surface area contributed by atoms with Crippen molar-refractivity contribution in [1.82, 2.24) is 5.32 Å². The summed E-state index contributed by atoms with van der Waals surface area (Å²) >= 11 is 0. The first kappa shape index (κ1) is 19.4. The number of piperazine rings is 1. The number of nitrogens with zero attached hydrogens (tertiary/aromatic N) is 3. The van der Waals surface area contributed by atoms with Gasteiger partial charge in [-0.2, -0.15) is 0 Å². The van der Waals surface area contributed by atoms with Gasteiger partial charge in [-0.05, 0) is 24.3 Å². The molecule has 0 spiro atoms. The van der Waals surface area contributed by atoms with Gasteiger partial charge in [0.1, 0.15) is 17.3 Å². The molecule has 148 valence electrons. The van der Waals surface area contributed by atoms with Crippen LogP contribution in [0.3, 0.4) is 0 Å². The molecule has 1 heterocycles. The maximum atomic E-state index is 13.4. The number of nitro groups is 1. The number of amides is 1. The van der Waals surface area contributed by atoms with Crippen LogP contribution in [0.25, 0.3) is 0 Å². The van der Waals surface area contributed by atoms with E-state index in [1.54, 1.807) is 18.2 Å². The molecule has 1 aliphatic rings. The Balaban J connectivity index is 1.80. The van der Waals surface area contributed by atoms with E-state index in [-0.39, 0.29) is 23.0 Å². The van der Waals surface area contributed by atoms with Crippen molar-refractivity contribution in [1.29, 1.82) is 0 Å². The molecule has 1 fully saturated rings. The maximum absolute atomic E-state index is 13.4. The lowest BCUT2D eigenvalue weighted by Crippen LogP contribution is -2.46. The Morgan fingerprint density at radius 2 is 1.71 bits per heavy atom. The Hall–Kier alpha value is -3.36. The smallest absolute Gasteiger partial charge is 0.293 e. The molecule has 1 aliphatic heterocycles. The first-order chi connectivity index (χ1) is 13.4. The number of benzene rings is 2. The normalized spacial score (nSPS) is 14.0. The molecular formula is C19H21FN4O4. The second kappa shape index (κ2) is 8.12. The Morgan fingerprint density at radius 1 is 1.11 bits per heavy atom. The first-order valence-electron chi connectivity index (χ1n) is 8.78. The second-order valence-corrected chi connectivity index (χ2v) is 6.33. The summed E-state index contributed by atoms with van der Waals surface area (Å²) in [6.07, 6.45) is 0. The Morgan fingerprint density at radius 3 is 2.29 bits per heavy atom. The number of carbonyl (C=O) groups is 1. The summed E-state index contributed by atoms with van der Waals surface area (Å²) in [6.45, 7) is 2.27. The van der Waals surface area contributed by atoms with Crippen LogP contribution in [0.1, 0.15) is 10.4 Å². The first-order valence-corrected chi connectivity index (χ1v) is 8.78. The fourth-order valence-corrected chi connectivity index (χ4v) is 3.32. The standard InChI is InChI=1S/C19H21FN4O4/c1-21-19(25)13-3-5-15(17(11-13)24(26)27)22-7-9-23(10-8-22)16-6-4-14(20)12-18(16)28-2/h3-6,11-12H,7-10H2,1-2H3,(H,21,25). The molecular weight excluding hydrogens is 367 g/mol. The van der Waals surface area contributed by atoms with Gasteiger partial charge in [-0.25, -0.2) is 4.39 Å². The van der Waals surface area contributed by atoms with E-state index in [1.165, 1.54) is 32.4 Å². The number of anilines is 2. The summed E-state index contributed by atoms with van der Waals surface area (Å²) < 4.78 is 18.7. The van der Waals surface area contributed by atoms with Gasteiger partial charge in [-0.3, -0.25) is 14.9 Å². The molecule has 0 aliphatic carbocycles. The minimum atomic E-state index is -0.475. The summed E-state index contributed by atoms with van der Waals surface area (Å²) in [5.74, 6) is -0.289. The molecule has 0 bridgehead atoms. The van der Waals surface area contributed by atoms with Crippen LogP contribution in [0, 0.1) is 15.9 Å². The number of nitrogens with one attached hydrogen (secondary N) is 1. The van der Waals surface area contributed by atoms with Gasteiger partial charge < -0.3 is 19.9 Å².